The SMILES string of the molecule is CC1COC(C)(C(=O)O)N1C(=O)O. The first-order chi connectivity index (χ1) is 5.89. The monoisotopic (exact) mass is 189 g/mol. The van der Waals surface area contributed by atoms with Gasteiger partial charge in [0.25, 0.3) is 0 Å². The summed E-state index contributed by atoms with van der Waals surface area (Å²) in [7, 11) is 0. The summed E-state index contributed by atoms with van der Waals surface area (Å²) in [4.78, 5) is 22.3. The zero-order chi connectivity index (χ0) is 10.2. The van der Waals surface area contributed by atoms with Crippen LogP contribution in [0.3, 0.4) is 0 Å². The highest BCUT2D eigenvalue weighted by atomic mass is 16.6. The smallest absolute Gasteiger partial charge is 0.410 e. The Morgan fingerprint density at radius 3 is 2.38 bits per heavy atom. The Labute approximate surface area is 74.7 Å². The molecule has 74 valence electrons. The molecule has 6 heteroatoms. The van der Waals surface area contributed by atoms with Gasteiger partial charge in [0.05, 0.1) is 12.6 Å². The number of nitrogens with zero attached hydrogens (tertiary/aromatic N) is 1. The van der Waals surface area contributed by atoms with Gasteiger partial charge in [-0.2, -0.15) is 0 Å². The van der Waals surface area contributed by atoms with Gasteiger partial charge in [-0.3, -0.25) is 4.90 Å². The second-order valence-corrected chi connectivity index (χ2v) is 3.10. The largest absolute Gasteiger partial charge is 0.478 e. The Bertz CT molecular complexity index is 253. The van der Waals surface area contributed by atoms with Crippen LogP contribution in [0.1, 0.15) is 13.8 Å². The molecule has 1 heterocycles. The lowest BCUT2D eigenvalue weighted by atomic mass is 10.2. The molecule has 1 aliphatic rings. The lowest BCUT2D eigenvalue weighted by Crippen LogP contribution is -2.53. The van der Waals surface area contributed by atoms with Crippen molar-refractivity contribution in [2.24, 2.45) is 0 Å². The average molecular weight is 189 g/mol. The van der Waals surface area contributed by atoms with Gasteiger partial charge in [-0.25, -0.2) is 9.59 Å². The quantitative estimate of drug-likeness (QED) is 0.614. The molecule has 0 radical (unpaired) electrons. The highest BCUT2D eigenvalue weighted by Crippen LogP contribution is 2.27. The predicted octanol–water partition coefficient (Wildman–Crippen LogP) is 0.186. The third-order valence-electron chi connectivity index (χ3n) is 2.11. The Hall–Kier alpha value is -1.30. The summed E-state index contributed by atoms with van der Waals surface area (Å²) in [5, 5.41) is 17.5. The average Bonchev–Trinajstić information content (AvgIpc) is 2.28. The fourth-order valence-corrected chi connectivity index (χ4v) is 1.38. The molecule has 2 atom stereocenters. The van der Waals surface area contributed by atoms with Crippen LogP contribution in [0.15, 0.2) is 0 Å². The number of amides is 1. The van der Waals surface area contributed by atoms with E-state index in [1.165, 1.54) is 6.92 Å². The molecule has 1 aliphatic heterocycles. The fourth-order valence-electron chi connectivity index (χ4n) is 1.38. The molecule has 0 aromatic heterocycles. The number of aliphatic carboxylic acids is 1. The van der Waals surface area contributed by atoms with Crippen LogP contribution in [-0.4, -0.2) is 45.5 Å². The number of carbonyl (C=O) groups is 2. The molecule has 2 unspecified atom stereocenters. The standard InChI is InChI=1S/C7H11NO5/c1-4-3-13-7(2,5(9)10)8(4)6(11)12/h4H,3H2,1-2H3,(H,9,10)(H,11,12). The number of rotatable bonds is 1. The van der Waals surface area contributed by atoms with Gasteiger partial charge in [0, 0.05) is 0 Å². The number of carboxylic acid groups (broad SMARTS) is 2. The van der Waals surface area contributed by atoms with Crippen LogP contribution in [0.2, 0.25) is 0 Å². The molecule has 6 nitrogen and oxygen atoms in total. The number of hydrogen-bond donors (Lipinski definition) is 2. The van der Waals surface area contributed by atoms with E-state index in [1.54, 1.807) is 6.92 Å². The van der Waals surface area contributed by atoms with Crippen LogP contribution >= 0.6 is 0 Å². The van der Waals surface area contributed by atoms with Crippen molar-refractivity contribution in [1.82, 2.24) is 4.90 Å². The van der Waals surface area contributed by atoms with E-state index in [4.69, 9.17) is 14.9 Å². The van der Waals surface area contributed by atoms with Crippen molar-refractivity contribution in [2.75, 3.05) is 6.61 Å². The van der Waals surface area contributed by atoms with E-state index in [-0.39, 0.29) is 6.61 Å². The Morgan fingerprint density at radius 2 is 2.08 bits per heavy atom. The van der Waals surface area contributed by atoms with Crippen molar-refractivity contribution in [3.63, 3.8) is 0 Å². The Morgan fingerprint density at radius 1 is 1.54 bits per heavy atom. The van der Waals surface area contributed by atoms with Crippen molar-refractivity contribution in [3.8, 4) is 0 Å². The maximum absolute atomic E-state index is 10.8. The lowest BCUT2D eigenvalue weighted by molar-refractivity contribution is -0.170. The van der Waals surface area contributed by atoms with E-state index >= 15 is 0 Å². The van der Waals surface area contributed by atoms with Crippen LogP contribution in [0.5, 0.6) is 0 Å². The van der Waals surface area contributed by atoms with E-state index in [0.717, 1.165) is 4.90 Å². The molecule has 0 spiro atoms. The minimum absolute atomic E-state index is 0.106. The van der Waals surface area contributed by atoms with Gasteiger partial charge in [0.1, 0.15) is 0 Å². The molecule has 1 fully saturated rings. The highest BCUT2D eigenvalue weighted by Gasteiger charge is 2.51. The van der Waals surface area contributed by atoms with E-state index in [0.29, 0.717) is 0 Å². The third-order valence-corrected chi connectivity index (χ3v) is 2.11. The lowest BCUT2D eigenvalue weighted by Gasteiger charge is -2.28. The summed E-state index contributed by atoms with van der Waals surface area (Å²) in [6.45, 7) is 2.93. The van der Waals surface area contributed by atoms with E-state index < -0.39 is 23.8 Å². The predicted molar refractivity (Wildman–Crippen MR) is 41.3 cm³/mol. The van der Waals surface area contributed by atoms with Gasteiger partial charge in [-0.15, -0.1) is 0 Å². The second-order valence-electron chi connectivity index (χ2n) is 3.10. The molecule has 1 rings (SSSR count). The Kier molecular flexibility index (Phi) is 2.17. The molecule has 0 aromatic carbocycles. The molecule has 2 N–H and O–H groups in total. The first-order valence-corrected chi connectivity index (χ1v) is 3.79. The fraction of sp³-hybridized carbons (Fsp3) is 0.714. The third kappa shape index (κ3) is 1.33. The van der Waals surface area contributed by atoms with Crippen LogP contribution in [0.4, 0.5) is 4.79 Å². The summed E-state index contributed by atoms with van der Waals surface area (Å²) >= 11 is 0. The van der Waals surface area contributed by atoms with Gasteiger partial charge in [-0.1, -0.05) is 0 Å². The van der Waals surface area contributed by atoms with E-state index in [2.05, 4.69) is 0 Å². The summed E-state index contributed by atoms with van der Waals surface area (Å²) in [6, 6.07) is -0.432. The molecular weight excluding hydrogens is 178 g/mol. The van der Waals surface area contributed by atoms with Crippen molar-refractivity contribution >= 4 is 12.1 Å². The zero-order valence-electron chi connectivity index (χ0n) is 7.35. The molecule has 1 saturated heterocycles. The van der Waals surface area contributed by atoms with E-state index in [1.807, 2.05) is 0 Å². The maximum atomic E-state index is 10.8. The Balaban J connectivity index is 2.99. The molecule has 1 amide bonds. The summed E-state index contributed by atoms with van der Waals surface area (Å²) < 4.78 is 4.93. The first-order valence-electron chi connectivity index (χ1n) is 3.79. The van der Waals surface area contributed by atoms with Crippen LogP contribution in [-0.2, 0) is 9.53 Å². The molecule has 0 aromatic rings. The molecule has 0 saturated carbocycles. The highest BCUT2D eigenvalue weighted by molar-refractivity contribution is 5.82. The number of hydrogen-bond acceptors (Lipinski definition) is 3. The topological polar surface area (TPSA) is 87.1 Å². The maximum Gasteiger partial charge on any atom is 0.410 e. The summed E-state index contributed by atoms with van der Waals surface area (Å²) in [6.07, 6.45) is -1.28. The van der Waals surface area contributed by atoms with Crippen molar-refractivity contribution < 1.29 is 24.5 Å². The van der Waals surface area contributed by atoms with Gasteiger partial charge in [-0.05, 0) is 13.8 Å². The van der Waals surface area contributed by atoms with Gasteiger partial charge < -0.3 is 14.9 Å². The van der Waals surface area contributed by atoms with E-state index in [9.17, 15) is 9.59 Å². The van der Waals surface area contributed by atoms with Crippen molar-refractivity contribution in [1.29, 1.82) is 0 Å². The van der Waals surface area contributed by atoms with Gasteiger partial charge in [0.15, 0.2) is 0 Å². The van der Waals surface area contributed by atoms with Crippen molar-refractivity contribution in [2.45, 2.75) is 25.6 Å². The number of carboxylic acids is 1. The minimum atomic E-state index is -1.74. The van der Waals surface area contributed by atoms with Crippen molar-refractivity contribution in [3.05, 3.63) is 0 Å². The minimum Gasteiger partial charge on any atom is -0.478 e. The van der Waals surface area contributed by atoms with Gasteiger partial charge in [0.2, 0.25) is 5.72 Å². The molecular formula is C7H11NO5. The zero-order valence-corrected chi connectivity index (χ0v) is 7.35. The van der Waals surface area contributed by atoms with Gasteiger partial charge >= 0.3 is 12.1 Å². The summed E-state index contributed by atoms with van der Waals surface area (Å²) in [5.41, 5.74) is -1.74. The second kappa shape index (κ2) is 2.88. The number of ether oxygens (including phenoxy) is 1. The summed E-state index contributed by atoms with van der Waals surface area (Å²) in [5.74, 6) is -1.29. The normalized spacial score (nSPS) is 33.4. The van der Waals surface area contributed by atoms with Crippen LogP contribution < -0.4 is 0 Å². The molecule has 0 aliphatic carbocycles. The van der Waals surface area contributed by atoms with Crippen LogP contribution in [0.25, 0.3) is 0 Å². The molecule has 13 heavy (non-hydrogen) atoms. The van der Waals surface area contributed by atoms with Crippen LogP contribution in [0, 0.1) is 0 Å². The molecule has 0 bridgehead atoms. The first kappa shape index (κ1) is 9.79.